The minimum Gasteiger partial charge on any atom is -0.497 e. The van der Waals surface area contributed by atoms with Crippen molar-refractivity contribution in [3.05, 3.63) is 89.5 Å². The lowest BCUT2D eigenvalue weighted by Crippen LogP contribution is -2.11. The Bertz CT molecular complexity index is 966. The van der Waals surface area contributed by atoms with Gasteiger partial charge in [0.25, 0.3) is 5.91 Å². The van der Waals surface area contributed by atoms with Gasteiger partial charge in [0.1, 0.15) is 5.75 Å². The van der Waals surface area contributed by atoms with Gasteiger partial charge in [-0.25, -0.2) is 0 Å². The van der Waals surface area contributed by atoms with Crippen molar-refractivity contribution < 1.29 is 14.3 Å². The molecule has 5 heteroatoms. The lowest BCUT2D eigenvalue weighted by Gasteiger charge is -2.07. The highest BCUT2D eigenvalue weighted by Crippen LogP contribution is 2.22. The maximum absolute atomic E-state index is 12.3. The van der Waals surface area contributed by atoms with Crippen molar-refractivity contribution in [3.63, 3.8) is 0 Å². The molecule has 0 spiro atoms. The Kier molecular flexibility index (Phi) is 6.50. The molecule has 3 aromatic carbocycles. The molecule has 0 aromatic heterocycles. The number of Topliss-reactive ketones (excluding diaryl/α,β-unsaturated/α-hetero) is 1. The fraction of sp³-hybridized carbons (Fsp3) is 0.130. The second-order valence-electron chi connectivity index (χ2n) is 6.29. The number of rotatable bonds is 7. The highest BCUT2D eigenvalue weighted by molar-refractivity contribution is 8.00. The summed E-state index contributed by atoms with van der Waals surface area (Å²) in [5.41, 5.74) is 3.05. The van der Waals surface area contributed by atoms with Crippen LogP contribution >= 0.6 is 11.8 Å². The fourth-order valence-corrected chi connectivity index (χ4v) is 3.43. The van der Waals surface area contributed by atoms with Crippen molar-refractivity contribution in [1.29, 1.82) is 0 Å². The summed E-state index contributed by atoms with van der Waals surface area (Å²) in [7, 11) is 1.60. The molecule has 4 nitrogen and oxygen atoms in total. The molecule has 0 saturated heterocycles. The van der Waals surface area contributed by atoms with Crippen LogP contribution in [0.3, 0.4) is 0 Å². The summed E-state index contributed by atoms with van der Waals surface area (Å²) in [6, 6.07) is 22.0. The highest BCUT2D eigenvalue weighted by Gasteiger charge is 2.08. The number of carbonyl (C=O) groups excluding carboxylic acids is 2. The zero-order valence-corrected chi connectivity index (χ0v) is 16.6. The average Bonchev–Trinajstić information content (AvgIpc) is 2.73. The van der Waals surface area contributed by atoms with Crippen LogP contribution in [-0.4, -0.2) is 24.6 Å². The van der Waals surface area contributed by atoms with Gasteiger partial charge in [-0.1, -0.05) is 17.7 Å². The lowest BCUT2D eigenvalue weighted by molar-refractivity contribution is 0.101. The summed E-state index contributed by atoms with van der Waals surface area (Å²) in [6.45, 7) is 1.95. The summed E-state index contributed by atoms with van der Waals surface area (Å²) >= 11 is 1.47. The second kappa shape index (κ2) is 9.24. The number of hydrogen-bond acceptors (Lipinski definition) is 4. The van der Waals surface area contributed by atoms with Crippen molar-refractivity contribution in [2.24, 2.45) is 0 Å². The molecule has 0 aliphatic carbocycles. The number of aryl methyl sites for hydroxylation is 1. The van der Waals surface area contributed by atoms with E-state index in [0.29, 0.717) is 16.9 Å². The Morgan fingerprint density at radius 2 is 1.64 bits per heavy atom. The molecule has 3 aromatic rings. The fourth-order valence-electron chi connectivity index (χ4n) is 2.63. The van der Waals surface area contributed by atoms with E-state index < -0.39 is 0 Å². The van der Waals surface area contributed by atoms with Crippen molar-refractivity contribution in [2.75, 3.05) is 18.2 Å². The maximum atomic E-state index is 12.3. The zero-order chi connectivity index (χ0) is 19.9. The van der Waals surface area contributed by atoms with E-state index >= 15 is 0 Å². The van der Waals surface area contributed by atoms with Crippen molar-refractivity contribution >= 4 is 29.1 Å². The first-order valence-corrected chi connectivity index (χ1v) is 9.82. The molecule has 3 rings (SSSR count). The average molecular weight is 391 g/mol. The van der Waals surface area contributed by atoms with Gasteiger partial charge < -0.3 is 10.1 Å². The van der Waals surface area contributed by atoms with Gasteiger partial charge in [-0.3, -0.25) is 9.59 Å². The minimum atomic E-state index is -0.140. The third-order valence-electron chi connectivity index (χ3n) is 4.17. The second-order valence-corrected chi connectivity index (χ2v) is 7.34. The summed E-state index contributed by atoms with van der Waals surface area (Å²) in [5, 5.41) is 2.89. The SMILES string of the molecule is COc1ccc(C(=O)CSc2ccc(NC(=O)c3cccc(C)c3)cc2)cc1. The maximum Gasteiger partial charge on any atom is 0.255 e. The Hall–Kier alpha value is -3.05. The highest BCUT2D eigenvalue weighted by atomic mass is 32.2. The predicted molar refractivity (Wildman–Crippen MR) is 114 cm³/mol. The smallest absolute Gasteiger partial charge is 0.255 e. The van der Waals surface area contributed by atoms with Crippen molar-refractivity contribution in [2.45, 2.75) is 11.8 Å². The van der Waals surface area contributed by atoms with Crippen LogP contribution in [0.1, 0.15) is 26.3 Å². The predicted octanol–water partition coefficient (Wildman–Crippen LogP) is 5.23. The van der Waals surface area contributed by atoms with E-state index in [2.05, 4.69) is 5.32 Å². The Labute approximate surface area is 168 Å². The van der Waals surface area contributed by atoms with E-state index in [1.54, 1.807) is 37.4 Å². The summed E-state index contributed by atoms with van der Waals surface area (Å²) in [5.74, 6) is 0.997. The molecule has 0 unspecified atom stereocenters. The molecule has 1 amide bonds. The van der Waals surface area contributed by atoms with Crippen LogP contribution in [0, 0.1) is 6.92 Å². The van der Waals surface area contributed by atoms with Gasteiger partial charge in [0.05, 0.1) is 12.9 Å². The summed E-state index contributed by atoms with van der Waals surface area (Å²) in [4.78, 5) is 25.6. The van der Waals surface area contributed by atoms with Crippen LogP contribution in [0.5, 0.6) is 5.75 Å². The molecule has 28 heavy (non-hydrogen) atoms. The standard InChI is InChI=1S/C23H21NO3S/c1-16-4-3-5-18(14-16)23(26)24-19-8-12-21(13-9-19)28-15-22(25)17-6-10-20(27-2)11-7-17/h3-14H,15H2,1-2H3,(H,24,26). The number of hydrogen-bond donors (Lipinski definition) is 1. The first-order chi connectivity index (χ1) is 13.5. The first-order valence-electron chi connectivity index (χ1n) is 8.83. The minimum absolute atomic E-state index is 0.0597. The molecule has 0 bridgehead atoms. The molecule has 0 aliphatic heterocycles. The number of methoxy groups -OCH3 is 1. The van der Waals surface area contributed by atoms with Crippen molar-refractivity contribution in [1.82, 2.24) is 0 Å². The Morgan fingerprint density at radius 3 is 2.29 bits per heavy atom. The monoisotopic (exact) mass is 391 g/mol. The van der Waals surface area contributed by atoms with Gasteiger partial charge >= 0.3 is 0 Å². The van der Waals surface area contributed by atoms with Crippen LogP contribution in [0.2, 0.25) is 0 Å². The summed E-state index contributed by atoms with van der Waals surface area (Å²) in [6.07, 6.45) is 0. The number of anilines is 1. The third-order valence-corrected chi connectivity index (χ3v) is 5.19. The van der Waals surface area contributed by atoms with E-state index in [0.717, 1.165) is 21.9 Å². The van der Waals surface area contributed by atoms with Gasteiger partial charge in [-0.15, -0.1) is 11.8 Å². The van der Waals surface area contributed by atoms with Gasteiger partial charge in [0.15, 0.2) is 5.78 Å². The normalized spacial score (nSPS) is 10.4. The van der Waals surface area contributed by atoms with E-state index in [4.69, 9.17) is 4.74 Å². The van der Waals surface area contributed by atoms with E-state index in [1.165, 1.54) is 11.8 Å². The van der Waals surface area contributed by atoms with Gasteiger partial charge in [0.2, 0.25) is 0 Å². The molecule has 142 valence electrons. The molecule has 0 atom stereocenters. The zero-order valence-electron chi connectivity index (χ0n) is 15.8. The van der Waals surface area contributed by atoms with Crippen LogP contribution in [0.25, 0.3) is 0 Å². The van der Waals surface area contributed by atoms with Crippen LogP contribution in [0.15, 0.2) is 77.7 Å². The lowest BCUT2D eigenvalue weighted by atomic mass is 10.1. The number of ether oxygens (including phenoxy) is 1. The Balaban J connectivity index is 1.55. The van der Waals surface area contributed by atoms with Crippen molar-refractivity contribution in [3.8, 4) is 5.75 Å². The Morgan fingerprint density at radius 1 is 0.929 bits per heavy atom. The molecule has 1 N–H and O–H groups in total. The quantitative estimate of drug-likeness (QED) is 0.442. The number of ketones is 1. The molecular formula is C23H21NO3S. The number of thioether (sulfide) groups is 1. The number of benzene rings is 3. The number of carbonyl (C=O) groups is 2. The van der Waals surface area contributed by atoms with Crippen LogP contribution in [-0.2, 0) is 0 Å². The first kappa shape index (κ1) is 19.7. The van der Waals surface area contributed by atoms with E-state index in [1.807, 2.05) is 49.4 Å². The number of amides is 1. The largest absolute Gasteiger partial charge is 0.497 e. The number of nitrogens with one attached hydrogen (secondary N) is 1. The molecule has 0 saturated carbocycles. The topological polar surface area (TPSA) is 55.4 Å². The van der Waals surface area contributed by atoms with Gasteiger partial charge in [0, 0.05) is 21.7 Å². The van der Waals surface area contributed by atoms with E-state index in [-0.39, 0.29) is 11.7 Å². The molecular weight excluding hydrogens is 370 g/mol. The van der Waals surface area contributed by atoms with Gasteiger partial charge in [-0.2, -0.15) is 0 Å². The van der Waals surface area contributed by atoms with Gasteiger partial charge in [-0.05, 0) is 67.6 Å². The molecule has 0 radical (unpaired) electrons. The molecule has 0 aliphatic rings. The van der Waals surface area contributed by atoms with Crippen LogP contribution in [0.4, 0.5) is 5.69 Å². The van der Waals surface area contributed by atoms with E-state index in [9.17, 15) is 9.59 Å². The summed E-state index contributed by atoms with van der Waals surface area (Å²) < 4.78 is 5.10. The third kappa shape index (κ3) is 5.24. The molecule has 0 heterocycles. The molecule has 0 fully saturated rings. The van der Waals surface area contributed by atoms with Crippen LogP contribution < -0.4 is 10.1 Å².